The van der Waals surface area contributed by atoms with Gasteiger partial charge in [0.25, 0.3) is 0 Å². The van der Waals surface area contributed by atoms with Gasteiger partial charge in [0.2, 0.25) is 5.95 Å². The number of nitrogens with zero attached hydrogens (tertiary/aromatic N) is 3. The summed E-state index contributed by atoms with van der Waals surface area (Å²) in [6.45, 7) is 9.41. The topological polar surface area (TPSA) is 111 Å². The summed E-state index contributed by atoms with van der Waals surface area (Å²) >= 11 is 1.14. The number of aryl methyl sites for hydroxylation is 1. The maximum Gasteiger partial charge on any atom is 0.573 e. The van der Waals surface area contributed by atoms with Gasteiger partial charge in [-0.25, -0.2) is 14.8 Å². The van der Waals surface area contributed by atoms with Crippen molar-refractivity contribution in [1.82, 2.24) is 19.9 Å². The number of benzene rings is 2. The third kappa shape index (κ3) is 12.1. The highest BCUT2D eigenvalue weighted by molar-refractivity contribution is 7.22. The van der Waals surface area contributed by atoms with Crippen LogP contribution in [0.2, 0.25) is 0 Å². The van der Waals surface area contributed by atoms with Crippen LogP contribution in [0.4, 0.5) is 24.3 Å². The third-order valence-corrected chi connectivity index (χ3v) is 7.96. The largest absolute Gasteiger partial charge is 0.573 e. The lowest BCUT2D eigenvalue weighted by Gasteiger charge is -2.12. The normalized spacial score (nSPS) is 12.2. The molecule has 0 saturated carbocycles. The Kier molecular flexibility index (Phi) is 14.3. The highest BCUT2D eigenvalue weighted by Crippen LogP contribution is 2.33. The van der Waals surface area contributed by atoms with Crippen LogP contribution in [0, 0.1) is 0 Å². The van der Waals surface area contributed by atoms with Crippen molar-refractivity contribution in [3.63, 3.8) is 0 Å². The van der Waals surface area contributed by atoms with E-state index in [0.29, 0.717) is 32.9 Å². The Morgan fingerprint density at radius 1 is 1.00 bits per heavy atom. The summed E-state index contributed by atoms with van der Waals surface area (Å²) in [7, 11) is 1.75. The summed E-state index contributed by atoms with van der Waals surface area (Å²) in [5.41, 5.74) is 1.84. The van der Waals surface area contributed by atoms with Crippen molar-refractivity contribution in [3.8, 4) is 5.75 Å². The fraction of sp³-hybridized carbons (Fsp3) is 0.531. The van der Waals surface area contributed by atoms with Crippen LogP contribution in [0.1, 0.15) is 82.5 Å². The van der Waals surface area contributed by atoms with Crippen LogP contribution in [0.15, 0.2) is 36.4 Å². The number of nitrogens with one attached hydrogen (secondary N) is 2. The predicted molar refractivity (Wildman–Crippen MR) is 174 cm³/mol. The van der Waals surface area contributed by atoms with E-state index in [1.165, 1.54) is 81.7 Å². The van der Waals surface area contributed by atoms with Crippen molar-refractivity contribution in [2.24, 2.45) is 7.05 Å². The molecular weight excluding hydrogens is 607 g/mol. The Morgan fingerprint density at radius 3 is 2.38 bits per heavy atom. The number of thiazole rings is 1. The van der Waals surface area contributed by atoms with Gasteiger partial charge in [0.15, 0.2) is 5.13 Å². The van der Waals surface area contributed by atoms with E-state index < -0.39 is 12.3 Å². The average Bonchev–Trinajstić information content (AvgIpc) is 3.52. The van der Waals surface area contributed by atoms with Gasteiger partial charge in [0, 0.05) is 26.3 Å². The van der Waals surface area contributed by atoms with Crippen LogP contribution in [-0.2, 0) is 11.8 Å². The molecule has 2 heterocycles. The highest BCUT2D eigenvalue weighted by atomic mass is 32.1. The molecule has 248 valence electrons. The molecule has 4 rings (SSSR count). The Balaban J connectivity index is 0.000000281. The maximum atomic E-state index is 12.4. The smallest absolute Gasteiger partial charge is 0.478 e. The lowest BCUT2D eigenvalue weighted by molar-refractivity contribution is -0.274. The molecule has 0 spiro atoms. The third-order valence-electron chi connectivity index (χ3n) is 7.03. The molecule has 1 atom stereocenters. The van der Waals surface area contributed by atoms with E-state index in [0.717, 1.165) is 36.5 Å². The average molecular weight is 652 g/mol. The van der Waals surface area contributed by atoms with Crippen LogP contribution in [-0.4, -0.2) is 57.8 Å². The molecule has 45 heavy (non-hydrogen) atoms. The molecule has 13 heteroatoms. The molecule has 3 N–H and O–H groups in total. The molecule has 0 amide bonds. The second-order valence-corrected chi connectivity index (χ2v) is 11.8. The molecule has 2 aromatic heterocycles. The summed E-state index contributed by atoms with van der Waals surface area (Å²) in [5, 5.41) is 16.0. The summed E-state index contributed by atoms with van der Waals surface area (Å²) < 4.78 is 48.7. The van der Waals surface area contributed by atoms with Crippen molar-refractivity contribution in [2.75, 3.05) is 25.0 Å². The first-order valence-electron chi connectivity index (χ1n) is 15.5. The summed E-state index contributed by atoms with van der Waals surface area (Å²) in [6.07, 6.45) is 6.74. The number of fused-ring (bicyclic) bond motifs is 2. The van der Waals surface area contributed by atoms with Gasteiger partial charge in [-0.3, -0.25) is 0 Å². The molecule has 2 aromatic carbocycles. The van der Waals surface area contributed by atoms with Gasteiger partial charge < -0.3 is 29.8 Å². The quantitative estimate of drug-likeness (QED) is 0.0973. The van der Waals surface area contributed by atoms with Crippen LogP contribution in [0.25, 0.3) is 21.3 Å². The number of carboxylic acid groups (broad SMARTS) is 1. The molecule has 0 aliphatic carbocycles. The Hall–Kier alpha value is -3.42. The fourth-order valence-corrected chi connectivity index (χ4v) is 5.62. The molecule has 9 nitrogen and oxygen atoms in total. The number of halogens is 3. The molecule has 0 fully saturated rings. The zero-order valence-corrected chi connectivity index (χ0v) is 27.2. The Bertz CT molecular complexity index is 1490. The number of carbonyl (C=O) groups is 1. The van der Waals surface area contributed by atoms with E-state index in [4.69, 9.17) is 9.84 Å². The molecule has 4 aromatic rings. The Morgan fingerprint density at radius 2 is 1.71 bits per heavy atom. The summed E-state index contributed by atoms with van der Waals surface area (Å²) in [4.78, 5) is 19.8. The second kappa shape index (κ2) is 17.9. The summed E-state index contributed by atoms with van der Waals surface area (Å²) in [5.74, 6) is -0.951. The number of carboxylic acids is 1. The number of hydrogen-bond acceptors (Lipinski definition) is 8. The van der Waals surface area contributed by atoms with Gasteiger partial charge in [0.05, 0.1) is 32.9 Å². The lowest BCUT2D eigenvalue weighted by Crippen LogP contribution is -2.27. The van der Waals surface area contributed by atoms with Crippen molar-refractivity contribution >= 4 is 49.6 Å². The van der Waals surface area contributed by atoms with Gasteiger partial charge in [-0.05, 0) is 57.1 Å². The minimum absolute atomic E-state index is 0.120. The molecule has 1 unspecified atom stereocenters. The van der Waals surface area contributed by atoms with E-state index in [1.54, 1.807) is 17.7 Å². The lowest BCUT2D eigenvalue weighted by atomic mass is 10.1. The van der Waals surface area contributed by atoms with Gasteiger partial charge in [-0.2, -0.15) is 0 Å². The zero-order chi connectivity index (χ0) is 32.8. The van der Waals surface area contributed by atoms with Gasteiger partial charge >= 0.3 is 12.3 Å². The number of anilines is 2. The number of aromatic nitrogens is 3. The van der Waals surface area contributed by atoms with Crippen LogP contribution in [0.3, 0.4) is 0 Å². The van der Waals surface area contributed by atoms with Gasteiger partial charge in [-0.1, -0.05) is 63.2 Å². The molecule has 0 aliphatic heterocycles. The van der Waals surface area contributed by atoms with Crippen LogP contribution >= 0.6 is 11.3 Å². The number of ether oxygens (including phenoxy) is 2. The first-order valence-corrected chi connectivity index (χ1v) is 16.3. The van der Waals surface area contributed by atoms with Crippen LogP contribution < -0.4 is 15.4 Å². The second-order valence-electron chi connectivity index (χ2n) is 10.8. The Labute approximate surface area is 266 Å². The number of aromatic carboxylic acids is 1. The SMILES string of the molecule is CCCCCCCCCCNCC(C)OCC.Cn1c(Nc2nc3ccc(OC(F)(F)F)cc3s2)nc2cc(C(=O)O)ccc21. The zero-order valence-electron chi connectivity index (χ0n) is 26.4. The molecule has 0 saturated heterocycles. The first-order chi connectivity index (χ1) is 21.5. The van der Waals surface area contributed by atoms with Crippen molar-refractivity contribution < 1.29 is 32.5 Å². The number of imidazole rings is 1. The fourth-order valence-electron chi connectivity index (χ4n) is 4.73. The van der Waals surface area contributed by atoms with Gasteiger partial charge in [0.1, 0.15) is 5.75 Å². The first kappa shape index (κ1) is 36.1. The van der Waals surface area contributed by atoms with Crippen molar-refractivity contribution in [3.05, 3.63) is 42.0 Å². The minimum atomic E-state index is -4.76. The minimum Gasteiger partial charge on any atom is -0.478 e. The number of alkyl halides is 3. The number of hydrogen-bond donors (Lipinski definition) is 3. The molecule has 0 bridgehead atoms. The molecule has 0 radical (unpaired) electrons. The molecule has 0 aliphatic rings. The van der Waals surface area contributed by atoms with E-state index in [2.05, 4.69) is 46.1 Å². The van der Waals surface area contributed by atoms with E-state index in [9.17, 15) is 18.0 Å². The van der Waals surface area contributed by atoms with E-state index in [1.807, 2.05) is 0 Å². The predicted octanol–water partition coefficient (Wildman–Crippen LogP) is 8.67. The van der Waals surface area contributed by atoms with Crippen molar-refractivity contribution in [1.29, 1.82) is 0 Å². The van der Waals surface area contributed by atoms with Gasteiger partial charge in [-0.15, -0.1) is 13.2 Å². The van der Waals surface area contributed by atoms with E-state index in [-0.39, 0.29) is 11.3 Å². The van der Waals surface area contributed by atoms with Crippen molar-refractivity contribution in [2.45, 2.75) is 84.6 Å². The van der Waals surface area contributed by atoms with E-state index >= 15 is 0 Å². The number of rotatable bonds is 17. The summed E-state index contributed by atoms with van der Waals surface area (Å²) in [6, 6.07) is 8.49. The standard InChI is InChI=1S/C17H11F3N4O3S.C15H33NO/c1-24-12-5-2-8(14(25)26)6-11(12)21-15(24)23-16-22-10-4-3-9(7-13(10)28-16)27-17(18,19)20;1-4-6-7-8-9-10-11-12-13-16-14-15(3)17-5-2/h2-7H,1H3,(H,25,26)(H,21,22,23);15-16H,4-14H2,1-3H3. The monoisotopic (exact) mass is 651 g/mol. The number of unbranched alkanes of at least 4 members (excludes halogenated alkanes) is 7. The molecular formula is C32H44F3N5O4S. The highest BCUT2D eigenvalue weighted by Gasteiger charge is 2.31. The maximum absolute atomic E-state index is 12.4. The van der Waals surface area contributed by atoms with Crippen LogP contribution in [0.5, 0.6) is 5.75 Å².